The maximum atomic E-state index is 14.3. The molecular formula is C37H44N2O18. The number of aliphatic hydroxyl groups is 1. The van der Waals surface area contributed by atoms with Crippen molar-refractivity contribution in [1.82, 2.24) is 0 Å². The number of nitrogens with zero attached hydrogens (tertiary/aromatic N) is 2. The Morgan fingerprint density at radius 3 is 2.33 bits per heavy atom. The number of hydrogen-bond acceptors (Lipinski definition) is 18. The zero-order chi connectivity index (χ0) is 41.7. The Kier molecular flexibility index (Phi) is 12.7. The number of ketones is 2. The Balaban J connectivity index is 1.31. The van der Waals surface area contributed by atoms with Gasteiger partial charge < -0.3 is 43.9 Å². The number of Topliss-reactive ketones (excluding diaryl/α,β-unsaturated/α-hetero) is 1. The topological polar surface area (TPSA) is 288 Å². The van der Waals surface area contributed by atoms with Gasteiger partial charge in [-0.2, -0.15) is 0 Å². The number of carbonyl (C=O) groups excluding carboxylic acids is 5. The van der Waals surface area contributed by atoms with Gasteiger partial charge in [0.25, 0.3) is 10.2 Å². The Hall–Kier alpha value is -5.79. The van der Waals surface area contributed by atoms with Crippen LogP contribution in [-0.2, 0) is 38.3 Å². The maximum Gasteiger partial charge on any atom is 0.514 e. The molecule has 1 aromatic carbocycles. The first-order valence-electron chi connectivity index (χ1n) is 18.4. The van der Waals surface area contributed by atoms with Crippen LogP contribution in [0.4, 0.5) is 4.79 Å². The van der Waals surface area contributed by atoms with Gasteiger partial charge in [-0.1, -0.05) is 25.5 Å². The van der Waals surface area contributed by atoms with E-state index in [4.69, 9.17) is 18.9 Å². The molecule has 0 radical (unpaired) electrons. The molecule has 1 aromatic rings. The third-order valence-corrected chi connectivity index (χ3v) is 11.8. The molecule has 3 N–H and O–H groups in total. The van der Waals surface area contributed by atoms with Crippen molar-refractivity contribution >= 4 is 29.7 Å². The molecule has 3 saturated carbocycles. The molecule has 2 unspecified atom stereocenters. The van der Waals surface area contributed by atoms with Gasteiger partial charge in [-0.3, -0.25) is 14.4 Å². The number of benzene rings is 1. The van der Waals surface area contributed by atoms with Crippen molar-refractivity contribution in [1.29, 1.82) is 0 Å². The molecule has 0 bridgehead atoms. The largest absolute Gasteiger partial charge is 0.514 e. The third kappa shape index (κ3) is 8.79. The van der Waals surface area contributed by atoms with E-state index >= 15 is 0 Å². The molecule has 310 valence electrons. The predicted molar refractivity (Wildman–Crippen MR) is 188 cm³/mol. The summed E-state index contributed by atoms with van der Waals surface area (Å²) < 4.78 is 21.2. The first-order chi connectivity index (χ1) is 26.9. The minimum atomic E-state index is -1.93. The molecule has 20 heteroatoms. The van der Waals surface area contributed by atoms with E-state index in [-0.39, 0.29) is 80.8 Å². The lowest BCUT2D eigenvalue weighted by molar-refractivity contribution is -0.757. The van der Waals surface area contributed by atoms with Crippen molar-refractivity contribution in [2.24, 2.45) is 28.6 Å². The van der Waals surface area contributed by atoms with Crippen molar-refractivity contribution in [3.05, 3.63) is 61.7 Å². The highest BCUT2D eigenvalue weighted by atomic mass is 17.0. The summed E-state index contributed by atoms with van der Waals surface area (Å²) >= 11 is 0. The van der Waals surface area contributed by atoms with Gasteiger partial charge in [-0.15, -0.1) is 20.2 Å². The monoisotopic (exact) mass is 804 g/mol. The van der Waals surface area contributed by atoms with Crippen LogP contribution in [0.5, 0.6) is 17.2 Å². The first kappa shape index (κ1) is 42.4. The number of fused-ring (bicyclic) bond motifs is 5. The van der Waals surface area contributed by atoms with E-state index < -0.39 is 87.0 Å². The number of esters is 2. The predicted octanol–water partition coefficient (Wildman–Crippen LogP) is 3.88. The lowest BCUT2D eigenvalue weighted by Gasteiger charge is -2.59. The lowest BCUT2D eigenvalue weighted by Crippen LogP contribution is -2.63. The summed E-state index contributed by atoms with van der Waals surface area (Å²) in [5.41, 5.74) is -3.19. The van der Waals surface area contributed by atoms with Crippen LogP contribution in [0.2, 0.25) is 0 Å². The smallest absolute Gasteiger partial charge is 0.504 e. The van der Waals surface area contributed by atoms with Gasteiger partial charge in [0.05, 0.1) is 31.5 Å². The number of rotatable bonds is 17. The molecule has 5 rings (SSSR count). The number of phenolic OH excluding ortho intramolecular Hbond substituents is 2. The van der Waals surface area contributed by atoms with Crippen LogP contribution in [0.3, 0.4) is 0 Å². The second kappa shape index (κ2) is 17.1. The Morgan fingerprint density at radius 2 is 1.63 bits per heavy atom. The highest BCUT2D eigenvalue weighted by Crippen LogP contribution is 2.68. The van der Waals surface area contributed by atoms with Crippen LogP contribution in [0.15, 0.2) is 35.9 Å². The van der Waals surface area contributed by atoms with Crippen molar-refractivity contribution < 1.29 is 78.1 Å². The number of aliphatic hydroxyl groups excluding tert-OH is 1. The standard InChI is InChI=1S/C37H44N2O18/c1-35-11-9-23(40)18-22(35)7-8-24-25-10-12-37(36(25,2)19-27(42)31(24)35,57-30(44)6-5-15-55-39(50)51)29(43)20-53-34(47)56-28-17-21(16-26(41)32(28)45)33(46)52-13-3-4-14-54-38(48)49/h9,11,16-18,24-25,27,31,41-42,45H,3-8,10,12-15,19-20H2,1-2H3/t24?,25?,27-,31+,35-,36-,37-/m0/s1. The fraction of sp³-hybridized carbons (Fsp3) is 0.595. The number of aromatic hydroxyl groups is 2. The molecule has 0 amide bonds. The summed E-state index contributed by atoms with van der Waals surface area (Å²) in [6, 6.07) is 1.71. The quantitative estimate of drug-likeness (QED) is 0.0383. The highest BCUT2D eigenvalue weighted by molar-refractivity contribution is 6.01. The molecule has 0 aromatic heterocycles. The Morgan fingerprint density at radius 1 is 0.947 bits per heavy atom. The number of carbonyl (C=O) groups is 5. The second-order valence-electron chi connectivity index (χ2n) is 15.0. The molecule has 4 aliphatic rings. The van der Waals surface area contributed by atoms with Crippen LogP contribution in [0.1, 0.15) is 82.0 Å². The van der Waals surface area contributed by atoms with E-state index in [1.54, 1.807) is 13.0 Å². The molecule has 4 aliphatic carbocycles. The molecule has 3 fully saturated rings. The molecular weight excluding hydrogens is 760 g/mol. The van der Waals surface area contributed by atoms with E-state index in [0.29, 0.717) is 19.3 Å². The van der Waals surface area contributed by atoms with Crippen LogP contribution in [0.25, 0.3) is 0 Å². The van der Waals surface area contributed by atoms with Crippen LogP contribution in [0, 0.1) is 48.8 Å². The van der Waals surface area contributed by atoms with E-state index in [0.717, 1.165) is 17.7 Å². The van der Waals surface area contributed by atoms with E-state index in [1.165, 1.54) is 6.08 Å². The SMILES string of the molecule is C[C@]12C=CC(=O)C=C1CCC1C3CC[C@](OC(=O)CCCO[N+](=O)[O-])(C(=O)COC(=O)Oc4cc(C(=O)OCCCCO[N+](=O)[O-])cc(O)c4O)[C@@]3(C)C[C@H](O)[C@@H]12. The van der Waals surface area contributed by atoms with Crippen molar-refractivity contribution in [3.8, 4) is 17.2 Å². The van der Waals surface area contributed by atoms with E-state index in [1.807, 2.05) is 13.0 Å². The van der Waals surface area contributed by atoms with E-state index in [9.17, 15) is 59.5 Å². The van der Waals surface area contributed by atoms with Gasteiger partial charge in [-0.05, 0) is 87.5 Å². The Bertz CT molecular complexity index is 1860. The lowest BCUT2D eigenvalue weighted by atomic mass is 9.46. The van der Waals surface area contributed by atoms with Crippen LogP contribution in [-0.4, -0.2) is 93.3 Å². The Labute approximate surface area is 324 Å². The average Bonchev–Trinajstić information content (AvgIpc) is 3.43. The number of phenols is 2. The molecule has 7 atom stereocenters. The molecule has 0 heterocycles. The summed E-state index contributed by atoms with van der Waals surface area (Å²) in [6.07, 6.45) is 3.81. The maximum absolute atomic E-state index is 14.3. The minimum Gasteiger partial charge on any atom is -0.504 e. The zero-order valence-electron chi connectivity index (χ0n) is 31.2. The van der Waals surface area contributed by atoms with Gasteiger partial charge in [0.2, 0.25) is 11.5 Å². The average molecular weight is 805 g/mol. The van der Waals surface area contributed by atoms with Gasteiger partial charge in [0.15, 0.2) is 29.5 Å². The molecule has 20 nitrogen and oxygen atoms in total. The van der Waals surface area contributed by atoms with Crippen molar-refractivity contribution in [3.63, 3.8) is 0 Å². The molecule has 0 saturated heterocycles. The first-order valence-corrected chi connectivity index (χ1v) is 18.4. The third-order valence-electron chi connectivity index (χ3n) is 11.8. The van der Waals surface area contributed by atoms with Gasteiger partial charge >= 0.3 is 18.1 Å². The van der Waals surface area contributed by atoms with Gasteiger partial charge in [0, 0.05) is 23.2 Å². The second-order valence-corrected chi connectivity index (χ2v) is 15.0. The normalized spacial score (nSPS) is 28.4. The minimum absolute atomic E-state index is 0.0000929. The summed E-state index contributed by atoms with van der Waals surface area (Å²) in [5, 5.41) is 51.3. The van der Waals surface area contributed by atoms with Crippen LogP contribution >= 0.6 is 0 Å². The van der Waals surface area contributed by atoms with Crippen LogP contribution < -0.4 is 4.74 Å². The fourth-order valence-electron chi connectivity index (χ4n) is 9.34. The highest BCUT2D eigenvalue weighted by Gasteiger charge is 2.70. The summed E-state index contributed by atoms with van der Waals surface area (Å²) in [7, 11) is 0. The summed E-state index contributed by atoms with van der Waals surface area (Å²) in [5.74, 6) is -6.16. The van der Waals surface area contributed by atoms with E-state index in [2.05, 4.69) is 9.68 Å². The zero-order valence-corrected chi connectivity index (χ0v) is 31.2. The number of unbranched alkanes of at least 4 members (excludes halogenated alkanes) is 1. The number of hydrogen-bond donors (Lipinski definition) is 3. The fourth-order valence-corrected chi connectivity index (χ4v) is 9.34. The molecule has 57 heavy (non-hydrogen) atoms. The van der Waals surface area contributed by atoms with Gasteiger partial charge in [0.1, 0.15) is 0 Å². The van der Waals surface area contributed by atoms with Crippen molar-refractivity contribution in [2.75, 3.05) is 26.4 Å². The number of allylic oxidation sites excluding steroid dienone is 4. The number of ether oxygens (including phenoxy) is 4. The molecule has 0 spiro atoms. The molecule has 0 aliphatic heterocycles. The summed E-state index contributed by atoms with van der Waals surface area (Å²) in [6.45, 7) is 1.89. The van der Waals surface area contributed by atoms with Crippen molar-refractivity contribution in [2.45, 2.75) is 83.3 Å². The van der Waals surface area contributed by atoms with Gasteiger partial charge in [-0.25, -0.2) is 9.59 Å². The summed E-state index contributed by atoms with van der Waals surface area (Å²) in [4.78, 5) is 94.7.